The van der Waals surface area contributed by atoms with Gasteiger partial charge in [-0.05, 0) is 36.8 Å². The molecule has 0 radical (unpaired) electrons. The first-order chi connectivity index (χ1) is 14.4. The lowest BCUT2D eigenvalue weighted by molar-refractivity contribution is -0.113. The lowest BCUT2D eigenvalue weighted by atomic mass is 10.2. The van der Waals surface area contributed by atoms with Gasteiger partial charge in [-0.25, -0.2) is 9.37 Å². The molecule has 3 aromatic rings. The van der Waals surface area contributed by atoms with Gasteiger partial charge in [0.1, 0.15) is 17.3 Å². The normalized spacial score (nSPS) is 10.5. The number of carbonyl (C=O) groups excluding carboxylic acids is 1. The Labute approximate surface area is 176 Å². The molecule has 3 rings (SSSR count). The summed E-state index contributed by atoms with van der Waals surface area (Å²) in [6.07, 6.45) is 2.89. The van der Waals surface area contributed by atoms with E-state index in [4.69, 9.17) is 9.47 Å². The number of halogens is 1. The molecule has 1 amide bonds. The average molecular weight is 429 g/mol. The predicted octanol–water partition coefficient (Wildman–Crippen LogP) is 3.43. The number of thioether (sulfide) groups is 1. The van der Waals surface area contributed by atoms with Crippen LogP contribution in [0.2, 0.25) is 0 Å². The molecular formula is C21H20FN3O4S. The van der Waals surface area contributed by atoms with Crippen molar-refractivity contribution in [3.05, 3.63) is 70.5 Å². The second-order valence-electron chi connectivity index (χ2n) is 6.24. The number of rotatable bonds is 7. The SMILES string of the molecule is COc1ccc(NC(=O)CSc2nccn(-c3ccc(C)c(F)c3)c2=O)c(OC)c1. The highest BCUT2D eigenvalue weighted by molar-refractivity contribution is 7.99. The van der Waals surface area contributed by atoms with Crippen LogP contribution in [0.3, 0.4) is 0 Å². The van der Waals surface area contributed by atoms with E-state index >= 15 is 0 Å². The summed E-state index contributed by atoms with van der Waals surface area (Å²) in [7, 11) is 3.03. The second kappa shape index (κ2) is 9.45. The Hall–Kier alpha value is -3.33. The summed E-state index contributed by atoms with van der Waals surface area (Å²) in [6.45, 7) is 1.64. The first-order valence-corrected chi connectivity index (χ1v) is 9.90. The molecule has 1 aromatic heterocycles. The molecule has 0 aliphatic heterocycles. The Kier molecular flexibility index (Phi) is 6.73. The number of nitrogens with zero attached hydrogens (tertiary/aromatic N) is 2. The van der Waals surface area contributed by atoms with Gasteiger partial charge in [0.15, 0.2) is 5.03 Å². The van der Waals surface area contributed by atoms with Crippen molar-refractivity contribution in [2.24, 2.45) is 0 Å². The summed E-state index contributed by atoms with van der Waals surface area (Å²) in [6, 6.07) is 9.55. The van der Waals surface area contributed by atoms with Crippen LogP contribution in [0.4, 0.5) is 10.1 Å². The summed E-state index contributed by atoms with van der Waals surface area (Å²) in [5.74, 6) is 0.277. The Morgan fingerprint density at radius 1 is 1.20 bits per heavy atom. The van der Waals surface area contributed by atoms with Crippen LogP contribution in [-0.4, -0.2) is 35.4 Å². The number of carbonyl (C=O) groups is 1. The topological polar surface area (TPSA) is 82.5 Å². The van der Waals surface area contributed by atoms with Gasteiger partial charge in [0.25, 0.3) is 5.56 Å². The summed E-state index contributed by atoms with van der Waals surface area (Å²) >= 11 is 0.996. The second-order valence-corrected chi connectivity index (χ2v) is 7.21. The standard InChI is InChI=1S/C21H20FN3O4S/c1-13-4-5-14(10-16(13)22)25-9-8-23-20(21(25)27)30-12-19(26)24-17-7-6-15(28-2)11-18(17)29-3/h4-11H,12H2,1-3H3,(H,24,26). The van der Waals surface area contributed by atoms with Gasteiger partial charge in [-0.2, -0.15) is 0 Å². The van der Waals surface area contributed by atoms with Crippen LogP contribution in [0.5, 0.6) is 11.5 Å². The lowest BCUT2D eigenvalue weighted by Crippen LogP contribution is -2.22. The molecule has 30 heavy (non-hydrogen) atoms. The molecule has 0 saturated heterocycles. The van der Waals surface area contributed by atoms with Crippen LogP contribution in [0.15, 0.2) is 58.6 Å². The molecule has 2 aromatic carbocycles. The van der Waals surface area contributed by atoms with Gasteiger partial charge in [-0.15, -0.1) is 0 Å². The zero-order valence-electron chi connectivity index (χ0n) is 16.6. The molecule has 0 atom stereocenters. The fourth-order valence-corrected chi connectivity index (χ4v) is 3.35. The van der Waals surface area contributed by atoms with Gasteiger partial charge in [-0.1, -0.05) is 17.8 Å². The van der Waals surface area contributed by atoms with Gasteiger partial charge in [-0.3, -0.25) is 14.2 Å². The van der Waals surface area contributed by atoms with Crippen LogP contribution >= 0.6 is 11.8 Å². The van der Waals surface area contributed by atoms with Gasteiger partial charge < -0.3 is 14.8 Å². The smallest absolute Gasteiger partial charge is 0.287 e. The largest absolute Gasteiger partial charge is 0.497 e. The molecule has 0 aliphatic rings. The molecule has 1 N–H and O–H groups in total. The highest BCUT2D eigenvalue weighted by atomic mass is 32.2. The monoisotopic (exact) mass is 429 g/mol. The molecule has 0 unspecified atom stereocenters. The van der Waals surface area contributed by atoms with E-state index < -0.39 is 11.4 Å². The van der Waals surface area contributed by atoms with E-state index in [2.05, 4.69) is 10.3 Å². The van der Waals surface area contributed by atoms with Crippen LogP contribution < -0.4 is 20.3 Å². The van der Waals surface area contributed by atoms with Crippen LogP contribution in [0.1, 0.15) is 5.56 Å². The number of ether oxygens (including phenoxy) is 2. The number of anilines is 1. The van der Waals surface area contributed by atoms with Gasteiger partial charge in [0, 0.05) is 18.5 Å². The van der Waals surface area contributed by atoms with E-state index in [0.717, 1.165) is 11.8 Å². The fourth-order valence-electron chi connectivity index (χ4n) is 2.65. The maximum absolute atomic E-state index is 13.9. The number of aromatic nitrogens is 2. The molecule has 0 saturated carbocycles. The van der Waals surface area contributed by atoms with E-state index in [1.165, 1.54) is 37.2 Å². The average Bonchev–Trinajstić information content (AvgIpc) is 2.75. The molecule has 0 spiro atoms. The van der Waals surface area contributed by atoms with Crippen molar-refractivity contribution in [2.75, 3.05) is 25.3 Å². The third-order valence-electron chi connectivity index (χ3n) is 4.27. The molecular weight excluding hydrogens is 409 g/mol. The van der Waals surface area contributed by atoms with Crippen molar-refractivity contribution in [3.8, 4) is 17.2 Å². The molecule has 9 heteroatoms. The van der Waals surface area contributed by atoms with Gasteiger partial charge >= 0.3 is 0 Å². The Morgan fingerprint density at radius 2 is 2.00 bits per heavy atom. The lowest BCUT2D eigenvalue weighted by Gasteiger charge is -2.11. The maximum atomic E-state index is 13.9. The Morgan fingerprint density at radius 3 is 2.70 bits per heavy atom. The van der Waals surface area contributed by atoms with Crippen LogP contribution in [-0.2, 0) is 4.79 Å². The van der Waals surface area contributed by atoms with Gasteiger partial charge in [0.2, 0.25) is 5.91 Å². The third kappa shape index (κ3) is 4.80. The third-order valence-corrected chi connectivity index (χ3v) is 5.23. The van der Waals surface area contributed by atoms with Crippen molar-refractivity contribution in [2.45, 2.75) is 11.9 Å². The number of amides is 1. The molecule has 0 fully saturated rings. The Balaban J connectivity index is 1.72. The van der Waals surface area contributed by atoms with Crippen LogP contribution in [0.25, 0.3) is 5.69 Å². The molecule has 0 aliphatic carbocycles. The number of hydrogen-bond donors (Lipinski definition) is 1. The van der Waals surface area contributed by atoms with Gasteiger partial charge in [0.05, 0.1) is 31.3 Å². The van der Waals surface area contributed by atoms with E-state index in [0.29, 0.717) is 28.4 Å². The molecule has 7 nitrogen and oxygen atoms in total. The maximum Gasteiger partial charge on any atom is 0.287 e. The highest BCUT2D eigenvalue weighted by Gasteiger charge is 2.13. The van der Waals surface area contributed by atoms with Crippen molar-refractivity contribution in [1.82, 2.24) is 9.55 Å². The number of aryl methyl sites for hydroxylation is 1. The minimum Gasteiger partial charge on any atom is -0.497 e. The minimum atomic E-state index is -0.430. The summed E-state index contributed by atoms with van der Waals surface area (Å²) < 4.78 is 25.5. The fraction of sp³-hybridized carbons (Fsp3) is 0.190. The summed E-state index contributed by atoms with van der Waals surface area (Å²) in [5, 5.41) is 2.87. The van der Waals surface area contributed by atoms with E-state index in [1.807, 2.05) is 0 Å². The summed E-state index contributed by atoms with van der Waals surface area (Å²) in [4.78, 5) is 29.1. The van der Waals surface area contributed by atoms with Crippen molar-refractivity contribution >= 4 is 23.4 Å². The van der Waals surface area contributed by atoms with E-state index in [-0.39, 0.29) is 16.7 Å². The predicted molar refractivity (Wildman–Crippen MR) is 113 cm³/mol. The number of benzene rings is 2. The number of methoxy groups -OCH3 is 2. The number of hydrogen-bond acceptors (Lipinski definition) is 6. The van der Waals surface area contributed by atoms with Crippen molar-refractivity contribution in [3.63, 3.8) is 0 Å². The van der Waals surface area contributed by atoms with Crippen LogP contribution in [0, 0.1) is 12.7 Å². The number of nitrogens with one attached hydrogen (secondary N) is 1. The molecule has 1 heterocycles. The quantitative estimate of drug-likeness (QED) is 0.580. The first-order valence-electron chi connectivity index (χ1n) is 8.91. The molecule has 156 valence electrons. The zero-order chi connectivity index (χ0) is 21.7. The minimum absolute atomic E-state index is 0.0380. The molecule has 0 bridgehead atoms. The highest BCUT2D eigenvalue weighted by Crippen LogP contribution is 2.29. The van der Waals surface area contributed by atoms with E-state index in [1.54, 1.807) is 37.3 Å². The van der Waals surface area contributed by atoms with Crippen molar-refractivity contribution in [1.29, 1.82) is 0 Å². The van der Waals surface area contributed by atoms with E-state index in [9.17, 15) is 14.0 Å². The first kappa shape index (κ1) is 21.4. The van der Waals surface area contributed by atoms with Crippen molar-refractivity contribution < 1.29 is 18.7 Å². The zero-order valence-corrected chi connectivity index (χ0v) is 17.5. The summed E-state index contributed by atoms with van der Waals surface area (Å²) in [5.41, 5.74) is 0.930. The Bertz CT molecular complexity index is 1130.